The van der Waals surface area contributed by atoms with Gasteiger partial charge in [-0.2, -0.15) is 8.42 Å². The molecule has 2 aromatic carbocycles. The highest BCUT2D eigenvalue weighted by atomic mass is 35.5. The zero-order chi connectivity index (χ0) is 17.2. The molecule has 0 aromatic heterocycles. The van der Waals surface area contributed by atoms with Crippen LogP contribution in [-0.2, 0) is 16.6 Å². The Morgan fingerprint density at radius 1 is 1.17 bits per heavy atom. The van der Waals surface area contributed by atoms with Crippen molar-refractivity contribution in [1.82, 2.24) is 4.72 Å². The van der Waals surface area contributed by atoms with Crippen LogP contribution in [0.1, 0.15) is 11.1 Å². The third-order valence-electron chi connectivity index (χ3n) is 3.46. The Bertz CT molecular complexity index is 922. The summed E-state index contributed by atoms with van der Waals surface area (Å²) in [6, 6.07) is 15.0. The molecule has 0 radical (unpaired) electrons. The van der Waals surface area contributed by atoms with Gasteiger partial charge < -0.3 is 5.32 Å². The smallest absolute Gasteiger partial charge is 0.339 e. The van der Waals surface area contributed by atoms with Crippen molar-refractivity contribution in [3.63, 3.8) is 0 Å². The number of amidine groups is 1. The molecule has 124 valence electrons. The summed E-state index contributed by atoms with van der Waals surface area (Å²) >= 11 is 6.01. The molecule has 1 heterocycles. The van der Waals surface area contributed by atoms with Gasteiger partial charge in [-0.1, -0.05) is 41.9 Å². The summed E-state index contributed by atoms with van der Waals surface area (Å²) in [5.74, 6) is 0.265. The van der Waals surface area contributed by atoms with Crippen LogP contribution in [0.2, 0.25) is 5.02 Å². The maximum atomic E-state index is 12.0. The summed E-state index contributed by atoms with van der Waals surface area (Å²) in [5.41, 5.74) is 3.19. The average molecular weight is 362 g/mol. The van der Waals surface area contributed by atoms with Crippen molar-refractivity contribution in [2.45, 2.75) is 13.3 Å². The standard InChI is InChI=1S/C17H16ClN3O2S/c1-12-9-14(7-8-16(12)18)19-17-11-15(20-24(22,23)21-17)10-13-5-3-2-4-6-13/h2-9,11,20H,10H2,1H3,(H,19,21). The maximum absolute atomic E-state index is 12.0. The van der Waals surface area contributed by atoms with Gasteiger partial charge in [-0.05, 0) is 36.2 Å². The third-order valence-corrected chi connectivity index (χ3v) is 4.84. The third kappa shape index (κ3) is 4.15. The fourth-order valence-corrected chi connectivity index (χ4v) is 3.35. The van der Waals surface area contributed by atoms with Crippen molar-refractivity contribution in [3.8, 4) is 0 Å². The van der Waals surface area contributed by atoms with E-state index in [1.54, 1.807) is 18.2 Å². The van der Waals surface area contributed by atoms with Gasteiger partial charge in [0.25, 0.3) is 0 Å². The second-order valence-corrected chi connectivity index (χ2v) is 7.22. The molecular weight excluding hydrogens is 346 g/mol. The van der Waals surface area contributed by atoms with Gasteiger partial charge in [0, 0.05) is 28.9 Å². The Balaban J connectivity index is 1.85. The number of allylic oxidation sites excluding steroid dienone is 1. The van der Waals surface area contributed by atoms with Crippen LogP contribution in [0, 0.1) is 6.92 Å². The second kappa shape index (κ2) is 6.67. The largest absolute Gasteiger partial charge is 0.343 e. The molecule has 0 fully saturated rings. The van der Waals surface area contributed by atoms with E-state index in [1.165, 1.54) is 0 Å². The van der Waals surface area contributed by atoms with Gasteiger partial charge >= 0.3 is 10.2 Å². The molecular formula is C17H16ClN3O2S. The van der Waals surface area contributed by atoms with E-state index >= 15 is 0 Å². The van der Waals surface area contributed by atoms with Crippen molar-refractivity contribution >= 4 is 33.3 Å². The monoisotopic (exact) mass is 361 g/mol. The summed E-state index contributed by atoms with van der Waals surface area (Å²) in [4.78, 5) is 0. The molecule has 0 saturated carbocycles. The highest BCUT2D eigenvalue weighted by Gasteiger charge is 2.18. The predicted octanol–water partition coefficient (Wildman–Crippen LogP) is 3.43. The Labute approximate surface area is 146 Å². The normalized spacial score (nSPS) is 15.9. The fraction of sp³-hybridized carbons (Fsp3) is 0.118. The SMILES string of the molecule is Cc1cc(NC2=NS(=O)(=O)NC(Cc3ccccc3)=C2)ccc1Cl. The predicted molar refractivity (Wildman–Crippen MR) is 97.5 cm³/mol. The van der Waals surface area contributed by atoms with E-state index in [2.05, 4.69) is 14.4 Å². The van der Waals surface area contributed by atoms with E-state index in [9.17, 15) is 8.42 Å². The van der Waals surface area contributed by atoms with Gasteiger partial charge in [-0.25, -0.2) is 0 Å². The van der Waals surface area contributed by atoms with E-state index in [0.717, 1.165) is 16.8 Å². The van der Waals surface area contributed by atoms with Crippen LogP contribution in [0.15, 0.2) is 64.7 Å². The number of nitrogens with one attached hydrogen (secondary N) is 2. The molecule has 0 saturated heterocycles. The zero-order valence-electron chi connectivity index (χ0n) is 13.0. The van der Waals surface area contributed by atoms with Crippen molar-refractivity contribution in [2.75, 3.05) is 5.32 Å². The van der Waals surface area contributed by atoms with Crippen molar-refractivity contribution < 1.29 is 8.42 Å². The number of rotatable bonds is 3. The van der Waals surface area contributed by atoms with Crippen molar-refractivity contribution in [2.24, 2.45) is 4.40 Å². The lowest BCUT2D eigenvalue weighted by atomic mass is 10.1. The minimum atomic E-state index is -3.76. The van der Waals surface area contributed by atoms with Gasteiger partial charge in [0.1, 0.15) is 5.84 Å². The van der Waals surface area contributed by atoms with E-state index in [4.69, 9.17) is 11.6 Å². The van der Waals surface area contributed by atoms with Gasteiger partial charge in [0.2, 0.25) is 0 Å². The molecule has 0 spiro atoms. The fourth-order valence-electron chi connectivity index (χ4n) is 2.37. The van der Waals surface area contributed by atoms with Crippen LogP contribution in [0.5, 0.6) is 0 Å². The lowest BCUT2D eigenvalue weighted by Crippen LogP contribution is -2.30. The number of hydrogen-bond donors (Lipinski definition) is 2. The summed E-state index contributed by atoms with van der Waals surface area (Å²) in [6.07, 6.45) is 2.17. The van der Waals surface area contributed by atoms with Crippen LogP contribution in [0.3, 0.4) is 0 Å². The topological polar surface area (TPSA) is 70.6 Å². The highest BCUT2D eigenvalue weighted by molar-refractivity contribution is 7.88. The van der Waals surface area contributed by atoms with Crippen LogP contribution in [0.4, 0.5) is 5.69 Å². The lowest BCUT2D eigenvalue weighted by Gasteiger charge is -2.17. The first-order valence-corrected chi connectivity index (χ1v) is 9.13. The number of aryl methyl sites for hydroxylation is 1. The number of nitrogens with zero attached hydrogens (tertiary/aromatic N) is 1. The highest BCUT2D eigenvalue weighted by Crippen LogP contribution is 2.20. The molecule has 1 aliphatic rings. The molecule has 3 rings (SSSR count). The van der Waals surface area contributed by atoms with E-state index in [0.29, 0.717) is 17.1 Å². The van der Waals surface area contributed by atoms with Crippen LogP contribution >= 0.6 is 11.6 Å². The minimum Gasteiger partial charge on any atom is -0.339 e. The summed E-state index contributed by atoms with van der Waals surface area (Å²) < 4.78 is 30.1. The van der Waals surface area contributed by atoms with E-state index < -0.39 is 10.2 Å². The van der Waals surface area contributed by atoms with Gasteiger partial charge in [0.05, 0.1) is 0 Å². The molecule has 0 amide bonds. The molecule has 0 atom stereocenters. The maximum Gasteiger partial charge on any atom is 0.343 e. The first kappa shape index (κ1) is 16.5. The second-order valence-electron chi connectivity index (χ2n) is 5.47. The molecule has 1 aliphatic heterocycles. The number of halogens is 1. The van der Waals surface area contributed by atoms with Gasteiger partial charge in [-0.15, -0.1) is 4.40 Å². The Morgan fingerprint density at radius 3 is 2.62 bits per heavy atom. The van der Waals surface area contributed by atoms with Gasteiger partial charge in [-0.3, -0.25) is 4.72 Å². The molecule has 2 aromatic rings. The number of anilines is 1. The number of hydrogen-bond acceptors (Lipinski definition) is 3. The first-order chi connectivity index (χ1) is 11.4. The van der Waals surface area contributed by atoms with Crippen LogP contribution in [-0.4, -0.2) is 14.3 Å². The molecule has 0 aliphatic carbocycles. The molecule has 2 N–H and O–H groups in total. The minimum absolute atomic E-state index is 0.265. The van der Waals surface area contributed by atoms with E-state index in [1.807, 2.05) is 43.3 Å². The average Bonchev–Trinajstić information content (AvgIpc) is 2.50. The zero-order valence-corrected chi connectivity index (χ0v) is 14.5. The van der Waals surface area contributed by atoms with Crippen LogP contribution < -0.4 is 10.0 Å². The molecule has 0 bridgehead atoms. The Morgan fingerprint density at radius 2 is 1.92 bits per heavy atom. The summed E-state index contributed by atoms with van der Waals surface area (Å²) in [5, 5.41) is 3.67. The van der Waals surface area contributed by atoms with Gasteiger partial charge in [0.15, 0.2) is 0 Å². The molecule has 5 nitrogen and oxygen atoms in total. The lowest BCUT2D eigenvalue weighted by molar-refractivity contribution is 0.589. The number of benzene rings is 2. The first-order valence-electron chi connectivity index (χ1n) is 7.32. The molecule has 24 heavy (non-hydrogen) atoms. The van der Waals surface area contributed by atoms with Crippen molar-refractivity contribution in [1.29, 1.82) is 0 Å². The summed E-state index contributed by atoms with van der Waals surface area (Å²) in [7, 11) is -3.76. The Hall–Kier alpha value is -2.31. The quantitative estimate of drug-likeness (QED) is 0.879. The van der Waals surface area contributed by atoms with Crippen LogP contribution in [0.25, 0.3) is 0 Å². The Kier molecular flexibility index (Phi) is 4.59. The summed E-state index contributed by atoms with van der Waals surface area (Å²) in [6.45, 7) is 1.88. The molecule has 0 unspecified atom stereocenters. The van der Waals surface area contributed by atoms with E-state index in [-0.39, 0.29) is 5.84 Å². The molecule has 7 heteroatoms. The van der Waals surface area contributed by atoms with Crippen molar-refractivity contribution in [3.05, 3.63) is 76.5 Å².